The van der Waals surface area contributed by atoms with Crippen LogP contribution in [-0.4, -0.2) is 54.0 Å². The molecule has 3 heterocycles. The predicted molar refractivity (Wildman–Crippen MR) is 120 cm³/mol. The third kappa shape index (κ3) is 4.66. The van der Waals surface area contributed by atoms with E-state index in [0.29, 0.717) is 0 Å². The number of H-pyrrole nitrogens is 1. The van der Waals surface area contributed by atoms with Crippen LogP contribution in [0.3, 0.4) is 0 Å². The normalized spacial score (nSPS) is 11.7. The van der Waals surface area contributed by atoms with Crippen LogP contribution in [-0.2, 0) is 16.4 Å². The van der Waals surface area contributed by atoms with Crippen LogP contribution < -0.4 is 14.2 Å². The molecule has 0 atom stereocenters. The highest BCUT2D eigenvalue weighted by Crippen LogP contribution is 2.37. The Labute approximate surface area is 201 Å². The molecule has 184 valence electrons. The lowest BCUT2D eigenvalue weighted by Gasteiger charge is -2.14. The first-order valence-corrected chi connectivity index (χ1v) is 11.6. The number of benzene rings is 1. The number of ether oxygens (including phenoxy) is 2. The summed E-state index contributed by atoms with van der Waals surface area (Å²) < 4.78 is 78.8. The first-order chi connectivity index (χ1) is 16.7. The molecule has 0 unspecified atom stereocenters. The molecule has 0 bridgehead atoms. The summed E-state index contributed by atoms with van der Waals surface area (Å²) >= 11 is 6.26. The fourth-order valence-electron chi connectivity index (χ4n) is 3.42. The van der Waals surface area contributed by atoms with Crippen LogP contribution in [0.2, 0.25) is 5.02 Å². The predicted octanol–water partition coefficient (Wildman–Crippen LogP) is 3.83. The Balaban J connectivity index is 1.79. The van der Waals surface area contributed by atoms with Gasteiger partial charge in [0.05, 0.1) is 30.3 Å². The average Bonchev–Trinajstić information content (AvgIpc) is 3.25. The molecule has 0 radical (unpaired) electrons. The lowest BCUT2D eigenvalue weighted by atomic mass is 10.1. The molecule has 3 aromatic heterocycles. The van der Waals surface area contributed by atoms with Gasteiger partial charge in [0.25, 0.3) is 10.0 Å². The number of halogens is 4. The molecule has 10 nitrogen and oxygen atoms in total. The number of hydrogen-bond donors (Lipinski definition) is 2. The number of nitrogens with one attached hydrogen (secondary N) is 2. The van der Waals surface area contributed by atoms with Crippen molar-refractivity contribution in [2.24, 2.45) is 0 Å². The van der Waals surface area contributed by atoms with Crippen LogP contribution in [0, 0.1) is 5.95 Å². The Morgan fingerprint density at radius 1 is 1.11 bits per heavy atom. The second-order valence-electron chi connectivity index (χ2n) is 6.94. The highest BCUT2D eigenvalue weighted by atomic mass is 35.5. The van der Waals surface area contributed by atoms with Gasteiger partial charge in [-0.2, -0.15) is 14.4 Å². The maximum Gasteiger partial charge on any atom is 0.266 e. The number of nitrogens with zero attached hydrogens (tertiary/aromatic N) is 4. The molecule has 15 heteroatoms. The molecule has 2 N–H and O–H groups in total. The number of fused-ring (bicyclic) bond motifs is 1. The van der Waals surface area contributed by atoms with E-state index in [1.54, 1.807) is 0 Å². The fourth-order valence-corrected chi connectivity index (χ4v) is 4.78. The first kappa shape index (κ1) is 24.5. The highest BCUT2D eigenvalue weighted by molar-refractivity contribution is 7.93. The van der Waals surface area contributed by atoms with Crippen molar-refractivity contribution in [2.45, 2.75) is 17.7 Å². The lowest BCUT2D eigenvalue weighted by Crippen LogP contribution is -2.16. The molecule has 35 heavy (non-hydrogen) atoms. The Morgan fingerprint density at radius 3 is 2.37 bits per heavy atom. The number of methoxy groups -OCH3 is 2. The second-order valence-corrected chi connectivity index (χ2v) is 9.00. The van der Waals surface area contributed by atoms with Gasteiger partial charge < -0.3 is 14.5 Å². The third-order valence-corrected chi connectivity index (χ3v) is 6.53. The van der Waals surface area contributed by atoms with Crippen LogP contribution in [0.1, 0.15) is 5.56 Å². The van der Waals surface area contributed by atoms with Gasteiger partial charge in [-0.1, -0.05) is 11.6 Å². The summed E-state index contributed by atoms with van der Waals surface area (Å²) in [6, 6.07) is 2.82. The highest BCUT2D eigenvalue weighted by Gasteiger charge is 2.26. The monoisotopic (exact) mass is 528 g/mol. The van der Waals surface area contributed by atoms with Crippen molar-refractivity contribution in [2.75, 3.05) is 18.9 Å². The Morgan fingerprint density at radius 2 is 1.77 bits per heavy atom. The van der Waals surface area contributed by atoms with Gasteiger partial charge in [0, 0.05) is 36.0 Å². The number of aromatic amines is 1. The van der Waals surface area contributed by atoms with Crippen molar-refractivity contribution in [3.05, 3.63) is 47.3 Å². The number of rotatable bonds is 8. The lowest BCUT2D eigenvalue weighted by molar-refractivity contribution is 0.146. The van der Waals surface area contributed by atoms with Gasteiger partial charge >= 0.3 is 0 Å². The van der Waals surface area contributed by atoms with Gasteiger partial charge in [-0.25, -0.2) is 31.9 Å². The van der Waals surface area contributed by atoms with Crippen molar-refractivity contribution in [3.8, 4) is 23.0 Å². The van der Waals surface area contributed by atoms with Crippen LogP contribution in [0.4, 0.5) is 19.1 Å². The molecule has 4 aromatic rings. The zero-order chi connectivity index (χ0) is 25.3. The molecule has 4 rings (SSSR count). The van der Waals surface area contributed by atoms with Crippen molar-refractivity contribution in [1.29, 1.82) is 0 Å². The zero-order valence-corrected chi connectivity index (χ0v) is 19.6. The van der Waals surface area contributed by atoms with Crippen LogP contribution >= 0.6 is 11.6 Å². The van der Waals surface area contributed by atoms with E-state index >= 15 is 0 Å². The van der Waals surface area contributed by atoms with Gasteiger partial charge in [0.2, 0.25) is 30.1 Å². The van der Waals surface area contributed by atoms with Crippen molar-refractivity contribution < 1.29 is 31.1 Å². The van der Waals surface area contributed by atoms with E-state index in [2.05, 4.69) is 29.6 Å². The fraction of sp³-hybridized carbons (Fsp3) is 0.200. The van der Waals surface area contributed by atoms with E-state index in [0.717, 1.165) is 6.20 Å². The summed E-state index contributed by atoms with van der Waals surface area (Å²) in [7, 11) is -1.97. The number of anilines is 1. The summed E-state index contributed by atoms with van der Waals surface area (Å²) in [5.41, 5.74) is 0.0207. The van der Waals surface area contributed by atoms with E-state index in [1.807, 2.05) is 0 Å². The molecular formula is C20H16ClF3N6O4S. The molecule has 0 amide bonds. The summed E-state index contributed by atoms with van der Waals surface area (Å²) in [4.78, 5) is 17.8. The minimum absolute atomic E-state index is 0.114. The largest absolute Gasteiger partial charge is 0.481 e. The van der Waals surface area contributed by atoms with E-state index in [1.165, 1.54) is 38.7 Å². The van der Waals surface area contributed by atoms with Gasteiger partial charge in [-0.15, -0.1) is 0 Å². The van der Waals surface area contributed by atoms with Gasteiger partial charge in [-0.05, 0) is 12.1 Å². The second kappa shape index (κ2) is 9.54. The van der Waals surface area contributed by atoms with Gasteiger partial charge in [-0.3, -0.25) is 0 Å². The topological polar surface area (TPSA) is 132 Å². The van der Waals surface area contributed by atoms with Gasteiger partial charge in [0.1, 0.15) is 10.6 Å². The smallest absolute Gasteiger partial charge is 0.266 e. The summed E-state index contributed by atoms with van der Waals surface area (Å²) in [5.74, 6) is -1.92. The van der Waals surface area contributed by atoms with Crippen LogP contribution in [0.25, 0.3) is 22.2 Å². The van der Waals surface area contributed by atoms with E-state index in [4.69, 9.17) is 21.1 Å². The maximum atomic E-state index is 14.3. The van der Waals surface area contributed by atoms with E-state index in [-0.39, 0.29) is 49.4 Å². The molecule has 0 saturated carbocycles. The van der Waals surface area contributed by atoms with E-state index in [9.17, 15) is 21.6 Å². The molecule has 0 fully saturated rings. The SMILES string of the molecule is COc1nc(NS(=O)(=O)c2c[nH]c3c(-c4nccnc4F)c(Cl)ccc23)nc(OC)c1CC(F)F. The number of hydrogen-bond acceptors (Lipinski definition) is 8. The Hall–Kier alpha value is -3.65. The number of alkyl halides is 2. The van der Waals surface area contributed by atoms with Gasteiger partial charge in [0.15, 0.2) is 0 Å². The maximum absolute atomic E-state index is 14.3. The molecule has 0 aliphatic rings. The van der Waals surface area contributed by atoms with Crippen molar-refractivity contribution in [1.82, 2.24) is 24.9 Å². The molecule has 0 saturated heterocycles. The Bertz CT molecular complexity index is 1490. The number of sulfonamides is 1. The number of aromatic nitrogens is 5. The van der Waals surface area contributed by atoms with Crippen LogP contribution in [0.15, 0.2) is 35.6 Å². The van der Waals surface area contributed by atoms with Crippen molar-refractivity contribution >= 4 is 38.5 Å². The molecule has 0 aliphatic carbocycles. The molecule has 1 aromatic carbocycles. The third-order valence-electron chi connectivity index (χ3n) is 4.85. The summed E-state index contributed by atoms with van der Waals surface area (Å²) in [6.07, 6.45) is 0.0999. The minimum Gasteiger partial charge on any atom is -0.481 e. The quantitative estimate of drug-likeness (QED) is 0.352. The molecule has 0 spiro atoms. The van der Waals surface area contributed by atoms with Crippen molar-refractivity contribution in [3.63, 3.8) is 0 Å². The average molecular weight is 529 g/mol. The molecular weight excluding hydrogens is 513 g/mol. The Kier molecular flexibility index (Phi) is 6.67. The summed E-state index contributed by atoms with van der Waals surface area (Å²) in [5, 5.41) is 0.276. The first-order valence-electron chi connectivity index (χ1n) is 9.72. The zero-order valence-electron chi connectivity index (χ0n) is 18.0. The van der Waals surface area contributed by atoms with E-state index < -0.39 is 34.8 Å². The van der Waals surface area contributed by atoms with Crippen LogP contribution in [0.5, 0.6) is 11.8 Å². The standard InChI is InChI=1S/C20H16ClF3N6O4S/c1-33-18-10(7-13(22)23)19(34-2)29-20(28-18)30-35(31,32)12-8-27-15-9(12)3-4-11(21)14(15)16-17(24)26-6-5-25-16/h3-6,8,13,27H,7H2,1-2H3,(H,28,29,30). The summed E-state index contributed by atoms with van der Waals surface area (Å²) in [6.45, 7) is 0. The molecule has 0 aliphatic heterocycles. The minimum atomic E-state index is -4.34.